The summed E-state index contributed by atoms with van der Waals surface area (Å²) >= 11 is 0. The van der Waals surface area contributed by atoms with Crippen LogP contribution in [-0.4, -0.2) is 35.6 Å². The van der Waals surface area contributed by atoms with Gasteiger partial charge in [0, 0.05) is 30.7 Å². The Morgan fingerprint density at radius 3 is 2.18 bits per heavy atom. The molecule has 0 aromatic rings. The highest BCUT2D eigenvalue weighted by Gasteiger charge is 2.47. The van der Waals surface area contributed by atoms with E-state index in [0.717, 1.165) is 38.9 Å². The van der Waals surface area contributed by atoms with E-state index in [1.54, 1.807) is 0 Å². The van der Waals surface area contributed by atoms with Gasteiger partial charge in [-0.3, -0.25) is 4.79 Å². The van der Waals surface area contributed by atoms with Gasteiger partial charge in [-0.1, -0.05) is 27.7 Å². The fourth-order valence-electron chi connectivity index (χ4n) is 4.56. The SMILES string of the molecule is CC(C)C(C(=O)N1[C@H](C(C)C)CCC1(C)C)C1CCOCC1. The molecule has 128 valence electrons. The third-order valence-corrected chi connectivity index (χ3v) is 5.82. The molecule has 0 aliphatic carbocycles. The minimum Gasteiger partial charge on any atom is -0.381 e. The van der Waals surface area contributed by atoms with Crippen molar-refractivity contribution in [1.29, 1.82) is 0 Å². The Kier molecular flexibility index (Phi) is 5.58. The molecule has 0 radical (unpaired) electrons. The number of likely N-dealkylation sites (tertiary alicyclic amines) is 1. The van der Waals surface area contributed by atoms with E-state index in [0.29, 0.717) is 29.7 Å². The average Bonchev–Trinajstić information content (AvgIpc) is 2.75. The molecule has 0 saturated carbocycles. The van der Waals surface area contributed by atoms with E-state index in [4.69, 9.17) is 4.74 Å². The second-order valence-electron chi connectivity index (χ2n) is 8.59. The van der Waals surface area contributed by atoms with Gasteiger partial charge in [-0.05, 0) is 57.3 Å². The maximum Gasteiger partial charge on any atom is 0.226 e. The minimum atomic E-state index is 0.00429. The molecule has 22 heavy (non-hydrogen) atoms. The topological polar surface area (TPSA) is 29.5 Å². The second-order valence-corrected chi connectivity index (χ2v) is 8.59. The molecule has 2 fully saturated rings. The number of rotatable bonds is 4. The van der Waals surface area contributed by atoms with E-state index in [1.165, 1.54) is 0 Å². The molecule has 2 heterocycles. The first-order valence-electron chi connectivity index (χ1n) is 9.16. The van der Waals surface area contributed by atoms with Crippen LogP contribution in [-0.2, 0) is 9.53 Å². The maximum atomic E-state index is 13.5. The molecule has 1 amide bonds. The van der Waals surface area contributed by atoms with Crippen LogP contribution >= 0.6 is 0 Å². The van der Waals surface area contributed by atoms with Gasteiger partial charge in [0.05, 0.1) is 0 Å². The molecule has 3 heteroatoms. The molecule has 2 aliphatic heterocycles. The van der Waals surface area contributed by atoms with E-state index in [1.807, 2.05) is 0 Å². The molecule has 0 aromatic heterocycles. The molecular formula is C19H35NO2. The molecule has 2 rings (SSSR count). The third-order valence-electron chi connectivity index (χ3n) is 5.82. The van der Waals surface area contributed by atoms with Crippen LogP contribution in [0, 0.1) is 23.7 Å². The number of nitrogens with zero attached hydrogens (tertiary/aromatic N) is 1. The molecule has 0 bridgehead atoms. The predicted molar refractivity (Wildman–Crippen MR) is 90.7 cm³/mol. The molecule has 3 nitrogen and oxygen atoms in total. The van der Waals surface area contributed by atoms with Crippen LogP contribution in [0.4, 0.5) is 0 Å². The normalized spacial score (nSPS) is 27.6. The quantitative estimate of drug-likeness (QED) is 0.782. The minimum absolute atomic E-state index is 0.00429. The fraction of sp³-hybridized carbons (Fsp3) is 0.947. The van der Waals surface area contributed by atoms with Crippen molar-refractivity contribution in [2.75, 3.05) is 13.2 Å². The van der Waals surface area contributed by atoms with Crippen molar-refractivity contribution >= 4 is 5.91 Å². The standard InChI is InChI=1S/C19H35NO2/c1-13(2)16-7-10-19(5,6)20(16)18(21)17(14(3)4)15-8-11-22-12-9-15/h13-17H,7-12H2,1-6H3/t16-,17?/m0/s1. The first-order valence-corrected chi connectivity index (χ1v) is 9.16. The lowest BCUT2D eigenvalue weighted by Gasteiger charge is -2.43. The molecular weight excluding hydrogens is 274 g/mol. The second kappa shape index (κ2) is 6.90. The van der Waals surface area contributed by atoms with Crippen LogP contribution in [0.5, 0.6) is 0 Å². The summed E-state index contributed by atoms with van der Waals surface area (Å²) in [6.07, 6.45) is 4.35. The van der Waals surface area contributed by atoms with Gasteiger partial charge in [-0.2, -0.15) is 0 Å². The lowest BCUT2D eigenvalue weighted by molar-refractivity contribution is -0.147. The number of ether oxygens (including phenoxy) is 1. The average molecular weight is 309 g/mol. The number of hydrogen-bond acceptors (Lipinski definition) is 2. The van der Waals surface area contributed by atoms with Crippen LogP contribution in [0.25, 0.3) is 0 Å². The van der Waals surface area contributed by atoms with Gasteiger partial charge in [0.15, 0.2) is 0 Å². The van der Waals surface area contributed by atoms with Crippen LogP contribution in [0.15, 0.2) is 0 Å². The van der Waals surface area contributed by atoms with Gasteiger partial charge in [0.1, 0.15) is 0 Å². The van der Waals surface area contributed by atoms with E-state index in [9.17, 15) is 4.79 Å². The monoisotopic (exact) mass is 309 g/mol. The number of hydrogen-bond donors (Lipinski definition) is 0. The first-order chi connectivity index (χ1) is 10.3. The van der Waals surface area contributed by atoms with E-state index < -0.39 is 0 Å². The Morgan fingerprint density at radius 1 is 1.09 bits per heavy atom. The summed E-state index contributed by atoms with van der Waals surface area (Å²) in [6, 6.07) is 0.406. The lowest BCUT2D eigenvalue weighted by atomic mass is 9.77. The maximum absolute atomic E-state index is 13.5. The van der Waals surface area contributed by atoms with Crippen molar-refractivity contribution in [3.8, 4) is 0 Å². The van der Waals surface area contributed by atoms with Gasteiger partial charge in [-0.15, -0.1) is 0 Å². The zero-order valence-corrected chi connectivity index (χ0v) is 15.4. The summed E-state index contributed by atoms with van der Waals surface area (Å²) < 4.78 is 5.51. The highest BCUT2D eigenvalue weighted by Crippen LogP contribution is 2.41. The summed E-state index contributed by atoms with van der Waals surface area (Å²) in [6.45, 7) is 15.1. The first kappa shape index (κ1) is 17.8. The Morgan fingerprint density at radius 2 is 1.68 bits per heavy atom. The fourth-order valence-corrected chi connectivity index (χ4v) is 4.56. The number of carbonyl (C=O) groups is 1. The molecule has 0 N–H and O–H groups in total. The van der Waals surface area contributed by atoms with Crippen molar-refractivity contribution in [2.24, 2.45) is 23.7 Å². The van der Waals surface area contributed by atoms with Gasteiger partial charge >= 0.3 is 0 Å². The highest BCUT2D eigenvalue weighted by atomic mass is 16.5. The lowest BCUT2D eigenvalue weighted by Crippen LogP contribution is -2.53. The van der Waals surface area contributed by atoms with E-state index in [2.05, 4.69) is 46.4 Å². The number of amides is 1. The highest BCUT2D eigenvalue weighted by molar-refractivity contribution is 5.81. The summed E-state index contributed by atoms with van der Waals surface area (Å²) in [5, 5.41) is 0. The van der Waals surface area contributed by atoms with Crippen molar-refractivity contribution in [2.45, 2.75) is 78.8 Å². The largest absolute Gasteiger partial charge is 0.381 e. The Balaban J connectivity index is 2.24. The van der Waals surface area contributed by atoms with Crippen LogP contribution in [0.3, 0.4) is 0 Å². The Labute approximate surface area is 136 Å². The third kappa shape index (κ3) is 3.50. The van der Waals surface area contributed by atoms with Crippen molar-refractivity contribution in [3.05, 3.63) is 0 Å². The van der Waals surface area contributed by atoms with Crippen molar-refractivity contribution in [1.82, 2.24) is 4.90 Å². The summed E-state index contributed by atoms with van der Waals surface area (Å²) in [7, 11) is 0. The summed E-state index contributed by atoms with van der Waals surface area (Å²) in [4.78, 5) is 15.8. The van der Waals surface area contributed by atoms with Gasteiger partial charge in [-0.25, -0.2) is 0 Å². The zero-order chi connectivity index (χ0) is 16.5. The van der Waals surface area contributed by atoms with Crippen LogP contribution in [0.1, 0.15) is 67.2 Å². The van der Waals surface area contributed by atoms with Crippen LogP contribution < -0.4 is 0 Å². The van der Waals surface area contributed by atoms with Gasteiger partial charge in [0.2, 0.25) is 5.91 Å². The van der Waals surface area contributed by atoms with E-state index in [-0.39, 0.29) is 11.5 Å². The zero-order valence-electron chi connectivity index (χ0n) is 15.4. The van der Waals surface area contributed by atoms with Crippen molar-refractivity contribution in [3.63, 3.8) is 0 Å². The smallest absolute Gasteiger partial charge is 0.226 e. The van der Waals surface area contributed by atoms with E-state index >= 15 is 0 Å². The number of carbonyl (C=O) groups excluding carboxylic acids is 1. The molecule has 0 spiro atoms. The molecule has 2 aliphatic rings. The molecule has 2 saturated heterocycles. The van der Waals surface area contributed by atoms with Gasteiger partial charge in [0.25, 0.3) is 0 Å². The Bertz CT molecular complexity index is 383. The van der Waals surface area contributed by atoms with Crippen molar-refractivity contribution < 1.29 is 9.53 Å². The summed E-state index contributed by atoms with van der Waals surface area (Å²) in [5.41, 5.74) is 0.00429. The van der Waals surface area contributed by atoms with Gasteiger partial charge < -0.3 is 9.64 Å². The van der Waals surface area contributed by atoms with Crippen LogP contribution in [0.2, 0.25) is 0 Å². The molecule has 1 unspecified atom stereocenters. The molecule has 2 atom stereocenters. The molecule has 0 aromatic carbocycles. The summed E-state index contributed by atoms with van der Waals surface area (Å²) in [5.74, 6) is 1.99. The Hall–Kier alpha value is -0.570. The predicted octanol–water partition coefficient (Wildman–Crippen LogP) is 4.11.